The maximum absolute atomic E-state index is 13.4. The molecule has 0 unspecified atom stereocenters. The molecule has 48 heavy (non-hydrogen) atoms. The highest BCUT2D eigenvalue weighted by Crippen LogP contribution is 2.26. The lowest BCUT2D eigenvalue weighted by atomic mass is 10.2. The quantitative estimate of drug-likeness (QED) is 0.152. The second kappa shape index (κ2) is 13.1. The Kier molecular flexibility index (Phi) is 8.80. The molecular weight excluding hydrogens is 612 g/mol. The van der Waals surface area contributed by atoms with Gasteiger partial charge >= 0.3 is 0 Å². The summed E-state index contributed by atoms with van der Waals surface area (Å²) in [5.41, 5.74) is 11.6. The van der Waals surface area contributed by atoms with Crippen molar-refractivity contribution in [1.82, 2.24) is 33.9 Å². The lowest BCUT2D eigenvalue weighted by Crippen LogP contribution is -2.20. The van der Waals surface area contributed by atoms with E-state index in [9.17, 15) is 14.4 Å². The standard InChI is InChI=1S/C34H38N10O4/c1-6-23-29(48-21(5)36-23)32(47)40-34-37-24-12-10-11-19(3)28(24)43(34)16-9-8-15-42-26-14-13-22(30(35)45)18-25(26)38-33(42)39-31(46)27-17-20(4)41-44(27)7-2/h10-14,17-18H,6-9,15-16H2,1-5H3,(H2,35,45)(H,37,40,47)(H,38,39,46). The number of fused-ring (bicyclic) bond motifs is 2. The summed E-state index contributed by atoms with van der Waals surface area (Å²) in [5, 5.41) is 10.3. The van der Waals surface area contributed by atoms with E-state index in [0.29, 0.717) is 79.2 Å². The third-order valence-electron chi connectivity index (χ3n) is 8.24. The molecule has 14 nitrogen and oxygen atoms in total. The first kappa shape index (κ1) is 32.2. The van der Waals surface area contributed by atoms with Crippen molar-refractivity contribution < 1.29 is 18.8 Å². The van der Waals surface area contributed by atoms with Crippen molar-refractivity contribution in [2.75, 3.05) is 10.6 Å². The monoisotopic (exact) mass is 650 g/mol. The number of aryl methyl sites for hydroxylation is 7. The van der Waals surface area contributed by atoms with Crippen LogP contribution in [0.15, 0.2) is 46.9 Å². The molecule has 0 bridgehead atoms. The number of nitrogens with zero attached hydrogens (tertiary/aromatic N) is 7. The molecule has 4 N–H and O–H groups in total. The Balaban J connectivity index is 1.25. The summed E-state index contributed by atoms with van der Waals surface area (Å²) in [7, 11) is 0. The van der Waals surface area contributed by atoms with Crippen molar-refractivity contribution in [1.29, 1.82) is 0 Å². The number of nitrogens with one attached hydrogen (secondary N) is 2. The van der Waals surface area contributed by atoms with E-state index in [-0.39, 0.29) is 11.7 Å². The number of oxazole rings is 1. The minimum absolute atomic E-state index is 0.184. The molecule has 3 amide bonds. The number of hydrogen-bond acceptors (Lipinski definition) is 8. The highest BCUT2D eigenvalue weighted by Gasteiger charge is 2.22. The topological polar surface area (TPSA) is 181 Å². The number of imidazole rings is 2. The predicted octanol–water partition coefficient (Wildman–Crippen LogP) is 5.16. The maximum Gasteiger partial charge on any atom is 0.295 e. The van der Waals surface area contributed by atoms with Crippen LogP contribution in [0, 0.1) is 20.8 Å². The van der Waals surface area contributed by atoms with Crippen LogP contribution < -0.4 is 16.4 Å². The number of rotatable bonds is 12. The Morgan fingerprint density at radius 1 is 0.854 bits per heavy atom. The van der Waals surface area contributed by atoms with E-state index in [4.69, 9.17) is 15.1 Å². The third-order valence-corrected chi connectivity index (χ3v) is 8.24. The first-order valence-corrected chi connectivity index (χ1v) is 16.0. The molecule has 14 heteroatoms. The molecule has 6 aromatic rings. The van der Waals surface area contributed by atoms with Gasteiger partial charge < -0.3 is 19.3 Å². The number of primary amides is 1. The Labute approximate surface area is 276 Å². The number of benzene rings is 2. The number of carbonyl (C=O) groups is 3. The van der Waals surface area contributed by atoms with Gasteiger partial charge in [0.05, 0.1) is 33.5 Å². The zero-order valence-electron chi connectivity index (χ0n) is 27.6. The summed E-state index contributed by atoms with van der Waals surface area (Å²) in [4.78, 5) is 52.3. The molecule has 0 atom stereocenters. The summed E-state index contributed by atoms with van der Waals surface area (Å²) in [6, 6.07) is 12.7. The second-order valence-corrected chi connectivity index (χ2v) is 11.6. The number of nitrogens with two attached hydrogens (primary N) is 1. The number of anilines is 2. The molecule has 0 saturated carbocycles. The lowest BCUT2D eigenvalue weighted by Gasteiger charge is -2.13. The molecule has 0 aliphatic heterocycles. The SMILES string of the molecule is CCc1nc(C)oc1C(=O)Nc1nc2cccc(C)c2n1CCCCn1c(NC(=O)c2cc(C)nn2CC)nc2cc(C(N)=O)ccc21. The van der Waals surface area contributed by atoms with E-state index in [1.807, 2.05) is 55.0 Å². The van der Waals surface area contributed by atoms with Gasteiger partial charge in [0.15, 0.2) is 5.89 Å². The Morgan fingerprint density at radius 2 is 1.56 bits per heavy atom. The number of carbonyl (C=O) groups excluding carboxylic acids is 3. The van der Waals surface area contributed by atoms with Gasteiger partial charge in [-0.1, -0.05) is 19.1 Å². The van der Waals surface area contributed by atoms with E-state index >= 15 is 0 Å². The molecule has 0 saturated heterocycles. The molecule has 0 fully saturated rings. The minimum Gasteiger partial charge on any atom is -0.436 e. The summed E-state index contributed by atoms with van der Waals surface area (Å²) in [5.74, 6) is 0.0890. The fourth-order valence-electron chi connectivity index (χ4n) is 6.00. The van der Waals surface area contributed by atoms with Crippen molar-refractivity contribution in [3.8, 4) is 0 Å². The summed E-state index contributed by atoms with van der Waals surface area (Å²) in [6.45, 7) is 11.0. The van der Waals surface area contributed by atoms with E-state index in [2.05, 4.69) is 25.7 Å². The smallest absolute Gasteiger partial charge is 0.295 e. The van der Waals surface area contributed by atoms with Crippen LogP contribution in [0.5, 0.6) is 0 Å². The van der Waals surface area contributed by atoms with Crippen LogP contribution in [0.2, 0.25) is 0 Å². The van der Waals surface area contributed by atoms with Crippen LogP contribution in [0.1, 0.15) is 80.9 Å². The number of aromatic nitrogens is 7. The van der Waals surface area contributed by atoms with Gasteiger partial charge in [0.1, 0.15) is 5.69 Å². The largest absolute Gasteiger partial charge is 0.436 e. The highest BCUT2D eigenvalue weighted by atomic mass is 16.4. The van der Waals surface area contributed by atoms with Crippen molar-refractivity contribution >= 4 is 51.7 Å². The van der Waals surface area contributed by atoms with Crippen LogP contribution in [0.4, 0.5) is 11.9 Å². The van der Waals surface area contributed by atoms with Gasteiger partial charge in [-0.05, 0) is 75.9 Å². The zero-order chi connectivity index (χ0) is 34.1. The maximum atomic E-state index is 13.4. The van der Waals surface area contributed by atoms with E-state index in [0.717, 1.165) is 27.8 Å². The van der Waals surface area contributed by atoms with Crippen molar-refractivity contribution in [3.05, 3.63) is 82.3 Å². The molecule has 0 aliphatic carbocycles. The van der Waals surface area contributed by atoms with Crippen molar-refractivity contribution in [2.24, 2.45) is 5.73 Å². The van der Waals surface area contributed by atoms with Crippen LogP contribution in [0.3, 0.4) is 0 Å². The number of para-hydroxylation sites is 1. The van der Waals surface area contributed by atoms with Crippen molar-refractivity contribution in [3.63, 3.8) is 0 Å². The number of unbranched alkanes of at least 4 members (excludes halogenated alkanes) is 1. The molecular formula is C34H38N10O4. The summed E-state index contributed by atoms with van der Waals surface area (Å²) < 4.78 is 11.2. The molecule has 0 aliphatic rings. The first-order chi connectivity index (χ1) is 23.1. The van der Waals surface area contributed by atoms with Gasteiger partial charge in [0.25, 0.3) is 11.8 Å². The lowest BCUT2D eigenvalue weighted by molar-refractivity contribution is 0.0987. The molecule has 4 heterocycles. The Hall–Kier alpha value is -5.79. The first-order valence-electron chi connectivity index (χ1n) is 16.0. The molecule has 0 spiro atoms. The molecule has 4 aromatic heterocycles. The van der Waals surface area contributed by atoms with Crippen molar-refractivity contribution in [2.45, 2.75) is 73.5 Å². The fraction of sp³-hybridized carbons (Fsp3) is 0.324. The molecule has 248 valence electrons. The van der Waals surface area contributed by atoms with Crippen LogP contribution in [-0.4, -0.2) is 51.6 Å². The number of amides is 3. The van der Waals surface area contributed by atoms with Crippen LogP contribution >= 0.6 is 0 Å². The molecule has 6 rings (SSSR count). The van der Waals surface area contributed by atoms with Gasteiger partial charge in [0, 0.05) is 32.1 Å². The van der Waals surface area contributed by atoms with Gasteiger partial charge in [-0.25, -0.2) is 15.0 Å². The zero-order valence-corrected chi connectivity index (χ0v) is 27.6. The average Bonchev–Trinajstić information content (AvgIpc) is 3.81. The highest BCUT2D eigenvalue weighted by molar-refractivity contribution is 6.04. The van der Waals surface area contributed by atoms with E-state index < -0.39 is 11.8 Å². The predicted molar refractivity (Wildman–Crippen MR) is 181 cm³/mol. The van der Waals surface area contributed by atoms with Gasteiger partial charge in [-0.2, -0.15) is 5.10 Å². The van der Waals surface area contributed by atoms with Gasteiger partial charge in [-0.15, -0.1) is 0 Å². The summed E-state index contributed by atoms with van der Waals surface area (Å²) >= 11 is 0. The average molecular weight is 651 g/mol. The second-order valence-electron chi connectivity index (χ2n) is 11.6. The van der Waals surface area contributed by atoms with Crippen LogP contribution in [0.25, 0.3) is 22.1 Å². The normalized spacial score (nSPS) is 11.4. The fourth-order valence-corrected chi connectivity index (χ4v) is 6.00. The summed E-state index contributed by atoms with van der Waals surface area (Å²) in [6.07, 6.45) is 1.96. The number of hydrogen-bond donors (Lipinski definition) is 3. The molecule has 2 aromatic carbocycles. The molecule has 0 radical (unpaired) electrons. The van der Waals surface area contributed by atoms with Gasteiger partial charge in [0.2, 0.25) is 23.6 Å². The Morgan fingerprint density at radius 3 is 2.29 bits per heavy atom. The van der Waals surface area contributed by atoms with Gasteiger partial charge in [-0.3, -0.25) is 29.7 Å². The minimum atomic E-state index is -0.561. The van der Waals surface area contributed by atoms with E-state index in [1.165, 1.54) is 0 Å². The van der Waals surface area contributed by atoms with Crippen LogP contribution in [-0.2, 0) is 26.1 Å². The Bertz CT molecular complexity index is 2180. The van der Waals surface area contributed by atoms with E-state index in [1.54, 1.807) is 35.9 Å². The third kappa shape index (κ3) is 6.16.